The van der Waals surface area contributed by atoms with Crippen LogP contribution in [0.15, 0.2) is 24.3 Å². The van der Waals surface area contributed by atoms with E-state index in [4.69, 9.17) is 0 Å². The van der Waals surface area contributed by atoms with Crippen LogP contribution in [0.4, 0.5) is 5.69 Å². The first-order chi connectivity index (χ1) is 11.4. The maximum absolute atomic E-state index is 12.1. The van der Waals surface area contributed by atoms with Crippen LogP contribution in [0.3, 0.4) is 0 Å². The van der Waals surface area contributed by atoms with E-state index in [0.717, 1.165) is 31.9 Å². The first-order valence-electron chi connectivity index (χ1n) is 8.17. The van der Waals surface area contributed by atoms with Crippen molar-refractivity contribution in [1.82, 2.24) is 10.2 Å². The van der Waals surface area contributed by atoms with Gasteiger partial charge in [0.2, 0.25) is 5.91 Å². The molecule has 132 valence electrons. The van der Waals surface area contributed by atoms with Crippen LogP contribution in [-0.4, -0.2) is 74.6 Å². The normalized spacial score (nSPS) is 24.0. The lowest BCUT2D eigenvalue weighted by Crippen LogP contribution is -2.50. The van der Waals surface area contributed by atoms with Gasteiger partial charge in [0.1, 0.15) is 5.75 Å². The highest BCUT2D eigenvalue weighted by Crippen LogP contribution is 2.19. The van der Waals surface area contributed by atoms with E-state index < -0.39 is 9.84 Å². The molecule has 1 unspecified atom stereocenters. The molecule has 0 saturated carbocycles. The highest BCUT2D eigenvalue weighted by molar-refractivity contribution is 7.91. The Morgan fingerprint density at radius 1 is 1.17 bits per heavy atom. The molecule has 3 rings (SSSR count). The molecule has 0 aromatic heterocycles. The Hall–Kier alpha value is -1.80. The van der Waals surface area contributed by atoms with Gasteiger partial charge in [-0.2, -0.15) is 0 Å². The van der Waals surface area contributed by atoms with Crippen molar-refractivity contribution in [3.05, 3.63) is 24.3 Å². The number of piperazine rings is 1. The molecule has 1 atom stereocenters. The average molecular weight is 353 g/mol. The molecule has 2 aliphatic heterocycles. The third-order valence-corrected chi connectivity index (χ3v) is 6.32. The van der Waals surface area contributed by atoms with Crippen LogP contribution in [-0.2, 0) is 14.6 Å². The maximum atomic E-state index is 12.1. The number of aromatic hydroxyl groups is 1. The second-order valence-electron chi connectivity index (χ2n) is 6.45. The molecular weight excluding hydrogens is 330 g/mol. The van der Waals surface area contributed by atoms with Crippen LogP contribution in [0.5, 0.6) is 5.75 Å². The minimum atomic E-state index is -2.97. The van der Waals surface area contributed by atoms with E-state index in [-0.39, 0.29) is 29.2 Å². The van der Waals surface area contributed by atoms with Crippen LogP contribution < -0.4 is 10.2 Å². The number of benzene rings is 1. The molecule has 7 nitrogen and oxygen atoms in total. The van der Waals surface area contributed by atoms with Gasteiger partial charge in [0, 0.05) is 37.9 Å². The van der Waals surface area contributed by atoms with Gasteiger partial charge in [0.05, 0.1) is 18.1 Å². The summed E-state index contributed by atoms with van der Waals surface area (Å²) in [5.74, 6) is 0.384. The number of phenols is 1. The van der Waals surface area contributed by atoms with Gasteiger partial charge in [0.25, 0.3) is 0 Å². The Kier molecular flexibility index (Phi) is 4.96. The monoisotopic (exact) mass is 353 g/mol. The zero-order chi connectivity index (χ0) is 17.2. The van der Waals surface area contributed by atoms with Gasteiger partial charge in [-0.25, -0.2) is 8.42 Å². The fraction of sp³-hybridized carbons (Fsp3) is 0.562. The number of anilines is 1. The second kappa shape index (κ2) is 6.98. The first-order valence-corrected chi connectivity index (χ1v) is 9.99. The summed E-state index contributed by atoms with van der Waals surface area (Å²) in [6.07, 6.45) is 0.517. The summed E-state index contributed by atoms with van der Waals surface area (Å²) in [6.45, 7) is 3.49. The number of nitrogens with zero attached hydrogens (tertiary/aromatic N) is 2. The highest BCUT2D eigenvalue weighted by Gasteiger charge is 2.29. The molecule has 8 heteroatoms. The summed E-state index contributed by atoms with van der Waals surface area (Å²) in [5, 5.41) is 12.2. The zero-order valence-electron chi connectivity index (χ0n) is 13.5. The van der Waals surface area contributed by atoms with Gasteiger partial charge in [-0.3, -0.25) is 9.69 Å². The number of hydrogen-bond acceptors (Lipinski definition) is 6. The fourth-order valence-electron chi connectivity index (χ4n) is 3.21. The Bertz CT molecular complexity index is 682. The van der Waals surface area contributed by atoms with E-state index in [1.807, 2.05) is 12.1 Å². The molecule has 2 saturated heterocycles. The Labute approximate surface area is 142 Å². The lowest BCUT2D eigenvalue weighted by Gasteiger charge is -2.35. The topological polar surface area (TPSA) is 89.9 Å². The lowest BCUT2D eigenvalue weighted by atomic mass is 10.2. The predicted molar refractivity (Wildman–Crippen MR) is 92.0 cm³/mol. The minimum Gasteiger partial charge on any atom is -0.508 e. The molecule has 2 fully saturated rings. The highest BCUT2D eigenvalue weighted by atomic mass is 32.2. The summed E-state index contributed by atoms with van der Waals surface area (Å²) in [7, 11) is -2.97. The van der Waals surface area contributed by atoms with Gasteiger partial charge >= 0.3 is 0 Å². The van der Waals surface area contributed by atoms with Gasteiger partial charge in [-0.15, -0.1) is 0 Å². The van der Waals surface area contributed by atoms with Crippen molar-refractivity contribution >= 4 is 21.4 Å². The molecule has 0 spiro atoms. The summed E-state index contributed by atoms with van der Waals surface area (Å²) < 4.78 is 22.8. The van der Waals surface area contributed by atoms with E-state index >= 15 is 0 Å². The number of carbonyl (C=O) groups excluding carboxylic acids is 1. The quantitative estimate of drug-likeness (QED) is 0.780. The van der Waals surface area contributed by atoms with Gasteiger partial charge in [-0.05, 0) is 30.7 Å². The minimum absolute atomic E-state index is 0.0629. The molecule has 2 heterocycles. The number of carbonyl (C=O) groups is 1. The molecule has 2 aliphatic rings. The standard InChI is InChI=1S/C16H23N3O4S/c20-15-3-1-14(2-4-15)19-8-6-18(7-9-19)11-16(21)17-13-5-10-24(22,23)12-13/h1-4,13,20H,5-12H2,(H,17,21). The van der Waals surface area contributed by atoms with E-state index in [9.17, 15) is 18.3 Å². The number of nitrogens with one attached hydrogen (secondary N) is 1. The van der Waals surface area contributed by atoms with Crippen LogP contribution in [0.1, 0.15) is 6.42 Å². The first kappa shape index (κ1) is 17.0. The van der Waals surface area contributed by atoms with Crippen molar-refractivity contribution in [2.45, 2.75) is 12.5 Å². The maximum Gasteiger partial charge on any atom is 0.234 e. The van der Waals surface area contributed by atoms with Crippen molar-refractivity contribution in [2.75, 3.05) is 49.1 Å². The van der Waals surface area contributed by atoms with Crippen molar-refractivity contribution in [3.63, 3.8) is 0 Å². The largest absolute Gasteiger partial charge is 0.508 e. The molecular formula is C16H23N3O4S. The molecule has 24 heavy (non-hydrogen) atoms. The van der Waals surface area contributed by atoms with Gasteiger partial charge in [0.15, 0.2) is 9.84 Å². The molecule has 1 aromatic carbocycles. The van der Waals surface area contributed by atoms with Crippen molar-refractivity contribution in [1.29, 1.82) is 0 Å². The lowest BCUT2D eigenvalue weighted by molar-refractivity contribution is -0.122. The molecule has 1 amide bonds. The summed E-state index contributed by atoms with van der Waals surface area (Å²) in [5.41, 5.74) is 1.06. The van der Waals surface area contributed by atoms with E-state index in [1.165, 1.54) is 0 Å². The summed E-state index contributed by atoms with van der Waals surface area (Å²) >= 11 is 0. The fourth-order valence-corrected chi connectivity index (χ4v) is 4.89. The van der Waals surface area contributed by atoms with Crippen molar-refractivity contribution < 1.29 is 18.3 Å². The third-order valence-electron chi connectivity index (χ3n) is 4.55. The zero-order valence-corrected chi connectivity index (χ0v) is 14.3. The predicted octanol–water partition coefficient (Wildman–Crippen LogP) is -0.182. The average Bonchev–Trinajstić information content (AvgIpc) is 2.87. The van der Waals surface area contributed by atoms with E-state index in [2.05, 4.69) is 15.1 Å². The van der Waals surface area contributed by atoms with Gasteiger partial charge in [-0.1, -0.05) is 0 Å². The van der Waals surface area contributed by atoms with E-state index in [0.29, 0.717) is 13.0 Å². The summed E-state index contributed by atoms with van der Waals surface area (Å²) in [6, 6.07) is 6.88. The SMILES string of the molecule is O=C(CN1CCN(c2ccc(O)cc2)CC1)NC1CCS(=O)(=O)C1. The van der Waals surface area contributed by atoms with Crippen LogP contribution >= 0.6 is 0 Å². The number of hydrogen-bond donors (Lipinski definition) is 2. The van der Waals surface area contributed by atoms with Crippen LogP contribution in [0.25, 0.3) is 0 Å². The number of phenolic OH excluding ortho intramolecular Hbond substituents is 1. The van der Waals surface area contributed by atoms with Crippen molar-refractivity contribution in [3.8, 4) is 5.75 Å². The molecule has 0 radical (unpaired) electrons. The Balaban J connectivity index is 1.43. The van der Waals surface area contributed by atoms with E-state index in [1.54, 1.807) is 12.1 Å². The number of rotatable bonds is 4. The summed E-state index contributed by atoms with van der Waals surface area (Å²) in [4.78, 5) is 16.4. The third kappa shape index (κ3) is 4.39. The van der Waals surface area contributed by atoms with Crippen LogP contribution in [0, 0.1) is 0 Å². The second-order valence-corrected chi connectivity index (χ2v) is 8.68. The molecule has 0 aliphatic carbocycles. The van der Waals surface area contributed by atoms with Crippen LogP contribution in [0.2, 0.25) is 0 Å². The number of amides is 1. The van der Waals surface area contributed by atoms with Gasteiger partial charge < -0.3 is 15.3 Å². The Morgan fingerprint density at radius 3 is 2.42 bits per heavy atom. The molecule has 2 N–H and O–H groups in total. The molecule has 0 bridgehead atoms. The number of sulfone groups is 1. The van der Waals surface area contributed by atoms with Crippen molar-refractivity contribution in [2.24, 2.45) is 0 Å². The smallest absolute Gasteiger partial charge is 0.234 e. The molecule has 1 aromatic rings. The Morgan fingerprint density at radius 2 is 1.83 bits per heavy atom.